The molecule has 0 radical (unpaired) electrons. The molecule has 0 aliphatic carbocycles. The van der Waals surface area contributed by atoms with E-state index in [9.17, 15) is 24.6 Å². The third-order valence-corrected chi connectivity index (χ3v) is 6.63. The van der Waals surface area contributed by atoms with E-state index in [2.05, 4.69) is 6.92 Å². The average molecular weight is 461 g/mol. The lowest BCUT2D eigenvalue weighted by molar-refractivity contribution is -0.144. The molecule has 1 aromatic rings. The summed E-state index contributed by atoms with van der Waals surface area (Å²) in [6, 6.07) is 6.21. The van der Waals surface area contributed by atoms with E-state index < -0.39 is 29.9 Å². The Morgan fingerprint density at radius 3 is 2.15 bits per heavy atom. The molecule has 0 spiro atoms. The van der Waals surface area contributed by atoms with Gasteiger partial charge in [-0.25, -0.2) is 9.59 Å². The maximum absolute atomic E-state index is 13.3. The number of nitrogens with zero attached hydrogens (tertiary/aromatic N) is 2. The van der Waals surface area contributed by atoms with E-state index >= 15 is 0 Å². The highest BCUT2D eigenvalue weighted by Gasteiger charge is 2.37. The molecule has 0 unspecified atom stereocenters. The molecule has 1 aliphatic rings. The number of carboxylic acid groups (broad SMARTS) is 2. The van der Waals surface area contributed by atoms with Gasteiger partial charge in [-0.1, -0.05) is 82.6 Å². The van der Waals surface area contributed by atoms with E-state index in [1.165, 1.54) is 41.9 Å². The van der Waals surface area contributed by atoms with Crippen LogP contribution in [0.15, 0.2) is 24.3 Å². The number of carboxylic acids is 2. The predicted molar refractivity (Wildman–Crippen MR) is 128 cm³/mol. The monoisotopic (exact) mass is 460 g/mol. The SMILES string of the molecule is CCCCCCCCCC[C@H](CN(CC)C(=O)N1Cc2ccccc2C[C@H]1C(=O)O)C(=O)O. The zero-order valence-electron chi connectivity index (χ0n) is 20.2. The number of unbranched alkanes of at least 4 members (excludes halogenated alkanes) is 7. The Morgan fingerprint density at radius 2 is 1.58 bits per heavy atom. The number of urea groups is 1. The number of aliphatic carboxylic acids is 2. The fourth-order valence-electron chi connectivity index (χ4n) is 4.55. The van der Waals surface area contributed by atoms with Gasteiger partial charge in [0.1, 0.15) is 6.04 Å². The Hall–Kier alpha value is -2.57. The molecule has 0 aromatic heterocycles. The largest absolute Gasteiger partial charge is 0.481 e. The first-order chi connectivity index (χ1) is 15.9. The summed E-state index contributed by atoms with van der Waals surface area (Å²) in [6.07, 6.45) is 9.90. The number of carbonyl (C=O) groups excluding carboxylic acids is 1. The summed E-state index contributed by atoms with van der Waals surface area (Å²) in [5.74, 6) is -2.58. The summed E-state index contributed by atoms with van der Waals surface area (Å²) in [6.45, 7) is 4.66. The maximum Gasteiger partial charge on any atom is 0.326 e. The van der Waals surface area contributed by atoms with Gasteiger partial charge in [0.15, 0.2) is 0 Å². The first-order valence-corrected chi connectivity index (χ1v) is 12.5. The lowest BCUT2D eigenvalue weighted by Gasteiger charge is -2.38. The minimum Gasteiger partial charge on any atom is -0.481 e. The van der Waals surface area contributed by atoms with E-state index in [0.717, 1.165) is 30.4 Å². The molecule has 1 aliphatic heterocycles. The molecule has 184 valence electrons. The minimum absolute atomic E-state index is 0.103. The van der Waals surface area contributed by atoms with Gasteiger partial charge in [0.25, 0.3) is 0 Å². The van der Waals surface area contributed by atoms with E-state index in [0.29, 0.717) is 13.0 Å². The highest BCUT2D eigenvalue weighted by molar-refractivity contribution is 5.84. The second-order valence-electron chi connectivity index (χ2n) is 9.07. The van der Waals surface area contributed by atoms with E-state index in [-0.39, 0.29) is 19.5 Å². The molecule has 33 heavy (non-hydrogen) atoms. The van der Waals surface area contributed by atoms with Crippen LogP contribution in [0.2, 0.25) is 0 Å². The topological polar surface area (TPSA) is 98.2 Å². The summed E-state index contributed by atoms with van der Waals surface area (Å²) in [4.78, 5) is 40.0. The van der Waals surface area contributed by atoms with E-state index in [1.807, 2.05) is 24.3 Å². The normalized spacial score (nSPS) is 16.2. The zero-order chi connectivity index (χ0) is 24.2. The van der Waals surface area contributed by atoms with Crippen LogP contribution in [-0.2, 0) is 22.6 Å². The maximum atomic E-state index is 13.3. The van der Waals surface area contributed by atoms with Gasteiger partial charge in [-0.05, 0) is 24.5 Å². The Balaban J connectivity index is 1.95. The highest BCUT2D eigenvalue weighted by Crippen LogP contribution is 2.25. The molecule has 2 N–H and O–H groups in total. The van der Waals surface area contributed by atoms with Crippen LogP contribution in [0.3, 0.4) is 0 Å². The Bertz CT molecular complexity index is 782. The van der Waals surface area contributed by atoms with Gasteiger partial charge in [-0.15, -0.1) is 0 Å². The van der Waals surface area contributed by atoms with Crippen LogP contribution in [0.1, 0.15) is 82.8 Å². The van der Waals surface area contributed by atoms with Crippen molar-refractivity contribution in [1.82, 2.24) is 9.80 Å². The van der Waals surface area contributed by atoms with Gasteiger partial charge < -0.3 is 20.0 Å². The first kappa shape index (κ1) is 26.7. The summed E-state index contributed by atoms with van der Waals surface area (Å²) >= 11 is 0. The molecule has 0 saturated heterocycles. The minimum atomic E-state index is -1.04. The number of benzene rings is 1. The molecule has 0 bridgehead atoms. The summed E-state index contributed by atoms with van der Waals surface area (Å²) in [5, 5.41) is 19.5. The molecule has 7 nitrogen and oxygen atoms in total. The molecule has 1 aromatic carbocycles. The molecule has 2 rings (SSSR count). The first-order valence-electron chi connectivity index (χ1n) is 12.5. The highest BCUT2D eigenvalue weighted by atomic mass is 16.4. The van der Waals surface area contributed by atoms with Crippen LogP contribution in [0.25, 0.3) is 0 Å². The number of amides is 2. The Labute approximate surface area is 197 Å². The van der Waals surface area contributed by atoms with Gasteiger partial charge in [0.2, 0.25) is 0 Å². The van der Waals surface area contributed by atoms with E-state index in [4.69, 9.17) is 0 Å². The molecule has 2 atom stereocenters. The van der Waals surface area contributed by atoms with E-state index in [1.54, 1.807) is 6.92 Å². The van der Waals surface area contributed by atoms with Crippen LogP contribution >= 0.6 is 0 Å². The number of rotatable bonds is 14. The summed E-state index contributed by atoms with van der Waals surface area (Å²) < 4.78 is 0. The third kappa shape index (κ3) is 8.06. The van der Waals surface area contributed by atoms with Gasteiger partial charge >= 0.3 is 18.0 Å². The summed E-state index contributed by atoms with van der Waals surface area (Å²) in [5.41, 5.74) is 1.88. The van der Waals surface area contributed by atoms with Crippen molar-refractivity contribution in [2.45, 2.75) is 90.6 Å². The van der Waals surface area contributed by atoms with Crippen molar-refractivity contribution in [2.24, 2.45) is 5.92 Å². The predicted octanol–water partition coefficient (Wildman–Crippen LogP) is 5.17. The molecule has 0 fully saturated rings. The molecule has 7 heteroatoms. The van der Waals surface area contributed by atoms with Crippen molar-refractivity contribution in [3.8, 4) is 0 Å². The fourth-order valence-corrected chi connectivity index (χ4v) is 4.55. The van der Waals surface area contributed by atoms with Crippen LogP contribution in [0.4, 0.5) is 4.79 Å². The molecular formula is C26H40N2O5. The van der Waals surface area contributed by atoms with Crippen molar-refractivity contribution in [3.05, 3.63) is 35.4 Å². The van der Waals surface area contributed by atoms with Gasteiger partial charge in [0, 0.05) is 26.1 Å². The zero-order valence-corrected chi connectivity index (χ0v) is 20.2. The van der Waals surface area contributed by atoms with Crippen LogP contribution in [0, 0.1) is 5.92 Å². The standard InChI is InChI=1S/C26H40N2O5/c1-3-5-6-7-8-9-10-11-16-22(24(29)30)18-27(4-2)26(33)28-19-21-15-13-12-14-20(21)17-23(28)25(31)32/h12-15,22-23H,3-11,16-19H2,1-2H3,(H,29,30)(H,31,32)/t22-,23+/m1/s1. The third-order valence-electron chi connectivity index (χ3n) is 6.63. The van der Waals surface area contributed by atoms with Crippen molar-refractivity contribution in [3.63, 3.8) is 0 Å². The second kappa shape index (κ2) is 13.9. The average Bonchev–Trinajstić information content (AvgIpc) is 2.81. The van der Waals surface area contributed by atoms with Crippen molar-refractivity contribution >= 4 is 18.0 Å². The second-order valence-corrected chi connectivity index (χ2v) is 9.07. The number of fused-ring (bicyclic) bond motifs is 1. The smallest absolute Gasteiger partial charge is 0.326 e. The fraction of sp³-hybridized carbons (Fsp3) is 0.654. The van der Waals surface area contributed by atoms with Crippen molar-refractivity contribution in [2.75, 3.05) is 13.1 Å². The van der Waals surface area contributed by atoms with Crippen LogP contribution in [-0.4, -0.2) is 57.1 Å². The molecule has 0 saturated carbocycles. The summed E-state index contributed by atoms with van der Waals surface area (Å²) in [7, 11) is 0. The van der Waals surface area contributed by atoms with Gasteiger partial charge in [-0.3, -0.25) is 4.79 Å². The molecular weight excluding hydrogens is 420 g/mol. The van der Waals surface area contributed by atoms with Gasteiger partial charge in [-0.2, -0.15) is 0 Å². The Kier molecular flexibility index (Phi) is 11.2. The lowest BCUT2D eigenvalue weighted by atomic mass is 9.94. The van der Waals surface area contributed by atoms with Crippen LogP contribution < -0.4 is 0 Å². The van der Waals surface area contributed by atoms with Crippen LogP contribution in [0.5, 0.6) is 0 Å². The number of hydrogen-bond donors (Lipinski definition) is 2. The number of hydrogen-bond acceptors (Lipinski definition) is 3. The van der Waals surface area contributed by atoms with Gasteiger partial charge in [0.05, 0.1) is 5.92 Å². The van der Waals surface area contributed by atoms with Crippen molar-refractivity contribution in [1.29, 1.82) is 0 Å². The van der Waals surface area contributed by atoms with Crippen molar-refractivity contribution < 1.29 is 24.6 Å². The molecule has 2 amide bonds. The lowest BCUT2D eigenvalue weighted by Crippen LogP contribution is -2.54. The molecule has 1 heterocycles. The Morgan fingerprint density at radius 1 is 0.970 bits per heavy atom. The number of carbonyl (C=O) groups is 3. The quantitative estimate of drug-likeness (QED) is 0.373.